The fraction of sp³-hybridized carbons (Fsp3) is 0.333. The molecule has 0 amide bonds. The molecule has 0 bridgehead atoms. The highest BCUT2D eigenvalue weighted by Crippen LogP contribution is 2.31. The van der Waals surface area contributed by atoms with Crippen LogP contribution in [0.15, 0.2) is 46.2 Å². The molecule has 0 atom stereocenters. The van der Waals surface area contributed by atoms with Crippen LogP contribution in [0.25, 0.3) is 0 Å². The number of hydrogen-bond donors (Lipinski definition) is 0. The minimum absolute atomic E-state index is 0.0268. The fourth-order valence-electron chi connectivity index (χ4n) is 3.10. The van der Waals surface area contributed by atoms with Crippen molar-refractivity contribution in [3.63, 3.8) is 0 Å². The Kier molecular flexibility index (Phi) is 6.32. The molecule has 1 aliphatic rings. The molecule has 8 nitrogen and oxygen atoms in total. The third-order valence-electron chi connectivity index (χ3n) is 4.70. The lowest BCUT2D eigenvalue weighted by Crippen LogP contribution is -2.50. The van der Waals surface area contributed by atoms with Crippen LogP contribution in [0.1, 0.15) is 0 Å². The molecule has 1 saturated heterocycles. The lowest BCUT2D eigenvalue weighted by molar-refractivity contribution is 0.272. The van der Waals surface area contributed by atoms with Crippen molar-refractivity contribution in [2.45, 2.75) is 9.79 Å². The van der Waals surface area contributed by atoms with Gasteiger partial charge < -0.3 is 9.47 Å². The lowest BCUT2D eigenvalue weighted by Gasteiger charge is -2.33. The molecule has 1 aliphatic heterocycles. The van der Waals surface area contributed by atoms with Crippen molar-refractivity contribution in [2.75, 3.05) is 40.4 Å². The Labute approximate surface area is 173 Å². The van der Waals surface area contributed by atoms with Gasteiger partial charge in [-0.05, 0) is 24.3 Å². The summed E-state index contributed by atoms with van der Waals surface area (Å²) in [7, 11) is -5.34. The van der Waals surface area contributed by atoms with Gasteiger partial charge >= 0.3 is 0 Å². The molecule has 0 radical (unpaired) electrons. The van der Waals surface area contributed by atoms with E-state index < -0.39 is 36.6 Å². The smallest absolute Gasteiger partial charge is 0.246 e. The highest BCUT2D eigenvalue weighted by molar-refractivity contribution is 7.89. The first-order valence-electron chi connectivity index (χ1n) is 8.78. The minimum atomic E-state index is -4.23. The number of rotatable bonds is 6. The second-order valence-electron chi connectivity index (χ2n) is 6.40. The normalized spacial score (nSPS) is 16.4. The maximum atomic E-state index is 13.9. The molecule has 1 fully saturated rings. The topological polar surface area (TPSA) is 93.2 Å². The highest BCUT2D eigenvalue weighted by atomic mass is 32.2. The van der Waals surface area contributed by atoms with E-state index in [4.69, 9.17) is 9.47 Å². The molecule has 0 aromatic heterocycles. The summed E-state index contributed by atoms with van der Waals surface area (Å²) in [4.78, 5) is -0.680. The molecule has 3 rings (SSSR count). The molecular weight excluding hydrogens is 442 g/mol. The highest BCUT2D eigenvalue weighted by Gasteiger charge is 2.35. The molecule has 2 aromatic carbocycles. The van der Waals surface area contributed by atoms with Gasteiger partial charge in [0.25, 0.3) is 0 Å². The number of benzene rings is 2. The zero-order chi connectivity index (χ0) is 22.1. The average molecular weight is 462 g/mol. The first-order chi connectivity index (χ1) is 14.1. The summed E-state index contributed by atoms with van der Waals surface area (Å²) in [5.41, 5.74) is 0. The quantitative estimate of drug-likeness (QED) is 0.649. The van der Waals surface area contributed by atoms with E-state index >= 15 is 0 Å². The standard InChI is InChI=1S/C18H20F2N2O6S2/c1-27-16-5-4-14(12-17(16)28-2)29(23,24)21-7-9-22(10-8-21)30(25,26)18-6-3-13(19)11-15(18)20/h3-6,11-12H,7-10H2,1-2H3. The van der Waals surface area contributed by atoms with Crippen LogP contribution >= 0.6 is 0 Å². The molecule has 0 N–H and O–H groups in total. The van der Waals surface area contributed by atoms with Gasteiger partial charge in [0.15, 0.2) is 11.5 Å². The van der Waals surface area contributed by atoms with Crippen LogP contribution in [-0.4, -0.2) is 65.8 Å². The van der Waals surface area contributed by atoms with Crippen molar-refractivity contribution in [3.05, 3.63) is 48.0 Å². The first-order valence-corrected chi connectivity index (χ1v) is 11.7. The molecule has 0 unspecified atom stereocenters. The summed E-state index contributed by atoms with van der Waals surface area (Å²) in [6.45, 7) is -0.602. The lowest BCUT2D eigenvalue weighted by atomic mass is 10.3. The molecule has 2 aromatic rings. The second kappa shape index (κ2) is 8.46. The number of nitrogens with zero attached hydrogens (tertiary/aromatic N) is 2. The van der Waals surface area contributed by atoms with E-state index in [1.165, 1.54) is 32.4 Å². The van der Waals surface area contributed by atoms with Crippen LogP contribution in [0.4, 0.5) is 8.78 Å². The predicted molar refractivity (Wildman–Crippen MR) is 103 cm³/mol. The molecule has 0 saturated carbocycles. The maximum absolute atomic E-state index is 13.9. The Morgan fingerprint density at radius 1 is 0.767 bits per heavy atom. The summed E-state index contributed by atoms with van der Waals surface area (Å²) >= 11 is 0. The monoisotopic (exact) mass is 462 g/mol. The van der Waals surface area contributed by atoms with Gasteiger partial charge in [-0.25, -0.2) is 25.6 Å². The van der Waals surface area contributed by atoms with Gasteiger partial charge in [-0.2, -0.15) is 8.61 Å². The third-order valence-corrected chi connectivity index (χ3v) is 8.53. The third kappa shape index (κ3) is 4.13. The largest absolute Gasteiger partial charge is 0.493 e. The number of hydrogen-bond acceptors (Lipinski definition) is 6. The van der Waals surface area contributed by atoms with Gasteiger partial charge in [0.1, 0.15) is 16.5 Å². The molecule has 0 spiro atoms. The molecule has 0 aliphatic carbocycles. The van der Waals surface area contributed by atoms with Crippen LogP contribution < -0.4 is 9.47 Å². The van der Waals surface area contributed by atoms with Crippen LogP contribution in [0.5, 0.6) is 11.5 Å². The Morgan fingerprint density at radius 2 is 1.33 bits per heavy atom. The van der Waals surface area contributed by atoms with Gasteiger partial charge in [0.05, 0.1) is 19.1 Å². The SMILES string of the molecule is COc1ccc(S(=O)(=O)N2CCN(S(=O)(=O)c3ccc(F)cc3F)CC2)cc1OC. The maximum Gasteiger partial charge on any atom is 0.246 e. The van der Waals surface area contributed by atoms with Gasteiger partial charge in [-0.3, -0.25) is 0 Å². The van der Waals surface area contributed by atoms with Crippen molar-refractivity contribution in [1.82, 2.24) is 8.61 Å². The van der Waals surface area contributed by atoms with Crippen molar-refractivity contribution in [3.8, 4) is 11.5 Å². The molecule has 12 heteroatoms. The van der Waals surface area contributed by atoms with E-state index in [0.29, 0.717) is 11.8 Å². The number of ether oxygens (including phenoxy) is 2. The molecule has 30 heavy (non-hydrogen) atoms. The predicted octanol–water partition coefficient (Wildman–Crippen LogP) is 1.68. The zero-order valence-electron chi connectivity index (χ0n) is 16.2. The van der Waals surface area contributed by atoms with E-state index in [2.05, 4.69) is 0 Å². The number of sulfonamides is 2. The van der Waals surface area contributed by atoms with Crippen LogP contribution in [0, 0.1) is 11.6 Å². The first kappa shape index (κ1) is 22.4. The van der Waals surface area contributed by atoms with Gasteiger partial charge in [0, 0.05) is 38.3 Å². The van der Waals surface area contributed by atoms with Gasteiger partial charge in [0.2, 0.25) is 20.0 Å². The summed E-state index contributed by atoms with van der Waals surface area (Å²) in [5.74, 6) is -1.48. The van der Waals surface area contributed by atoms with Crippen LogP contribution in [-0.2, 0) is 20.0 Å². The van der Waals surface area contributed by atoms with Crippen molar-refractivity contribution >= 4 is 20.0 Å². The average Bonchev–Trinajstić information content (AvgIpc) is 2.73. The Bertz CT molecular complexity index is 1150. The van der Waals surface area contributed by atoms with Gasteiger partial charge in [-0.15, -0.1) is 0 Å². The second-order valence-corrected chi connectivity index (χ2v) is 10.2. The summed E-state index contributed by atoms with van der Waals surface area (Å²) in [6.07, 6.45) is 0. The summed E-state index contributed by atoms with van der Waals surface area (Å²) < 4.78 is 90.6. The summed E-state index contributed by atoms with van der Waals surface area (Å²) in [6, 6.07) is 6.35. The van der Waals surface area contributed by atoms with Crippen LogP contribution in [0.3, 0.4) is 0 Å². The van der Waals surface area contributed by atoms with E-state index in [-0.39, 0.29) is 36.8 Å². The van der Waals surface area contributed by atoms with Crippen molar-refractivity contribution in [1.29, 1.82) is 0 Å². The van der Waals surface area contributed by atoms with Crippen LogP contribution in [0.2, 0.25) is 0 Å². The van der Waals surface area contributed by atoms with E-state index in [1.54, 1.807) is 0 Å². The Morgan fingerprint density at radius 3 is 1.87 bits per heavy atom. The summed E-state index contributed by atoms with van der Waals surface area (Å²) in [5, 5.41) is 0. The fourth-order valence-corrected chi connectivity index (χ4v) is 6.01. The van der Waals surface area contributed by atoms with Crippen molar-refractivity contribution < 1.29 is 35.1 Å². The molecule has 164 valence electrons. The van der Waals surface area contributed by atoms with Crippen molar-refractivity contribution in [2.24, 2.45) is 0 Å². The van der Waals surface area contributed by atoms with E-state index in [9.17, 15) is 25.6 Å². The number of methoxy groups -OCH3 is 2. The zero-order valence-corrected chi connectivity index (χ0v) is 17.8. The molecule has 1 heterocycles. The number of piperazine rings is 1. The number of halogens is 2. The molecular formula is C18H20F2N2O6S2. The van der Waals surface area contributed by atoms with Gasteiger partial charge in [-0.1, -0.05) is 0 Å². The Balaban J connectivity index is 1.79. The Hall–Kier alpha value is -2.28. The van der Waals surface area contributed by atoms with E-state index in [1.807, 2.05) is 0 Å². The van der Waals surface area contributed by atoms with E-state index in [0.717, 1.165) is 20.7 Å². The minimum Gasteiger partial charge on any atom is -0.493 e.